The van der Waals surface area contributed by atoms with E-state index in [0.29, 0.717) is 73.8 Å². The van der Waals surface area contributed by atoms with E-state index >= 15 is 0 Å². The Morgan fingerprint density at radius 2 is 0.627 bits per heavy atom. The van der Waals surface area contributed by atoms with Gasteiger partial charge in [-0.25, -0.2) is 0 Å². The largest absolute Gasteiger partial charge is 0.497 e. The average molecular weight is 2110 g/mol. The Labute approximate surface area is 920 Å². The van der Waals surface area contributed by atoms with E-state index in [9.17, 15) is 0 Å². The summed E-state index contributed by atoms with van der Waals surface area (Å²) in [5.74, 6) is 12.6. The molecule has 16 aliphatic rings. The molecule has 20 rings (SSSR count). The first kappa shape index (κ1) is 115. The minimum atomic E-state index is -1.82. The molecule has 0 bridgehead atoms. The quantitative estimate of drug-likeness (QED) is 0.0634. The zero-order valence-corrected chi connectivity index (χ0v) is 106. The summed E-state index contributed by atoms with van der Waals surface area (Å²) in [6, 6.07) is 24.5. The minimum absolute atomic E-state index is 0.0243. The summed E-state index contributed by atoms with van der Waals surface area (Å²) in [4.78, 5) is 0. The van der Waals surface area contributed by atoms with Crippen LogP contribution in [0, 0.1) is 59.2 Å². The molecule has 14 unspecified atom stereocenters. The van der Waals surface area contributed by atoms with Gasteiger partial charge in [-0.1, -0.05) is 285 Å². The van der Waals surface area contributed by atoms with Gasteiger partial charge in [0.15, 0.2) is 23.0 Å². The number of hydrogen-bond donors (Lipinski definition) is 0. The fourth-order valence-corrected chi connectivity index (χ4v) is 62.4. The van der Waals surface area contributed by atoms with Gasteiger partial charge in [0.1, 0.15) is 70.9 Å². The van der Waals surface area contributed by atoms with Crippen molar-refractivity contribution in [3.05, 3.63) is 176 Å². The van der Waals surface area contributed by atoms with E-state index in [1.54, 1.807) is 47.7 Å². The topological polar surface area (TPSA) is 68.3 Å². The van der Waals surface area contributed by atoms with Crippen LogP contribution in [-0.4, -0.2) is 137 Å². The van der Waals surface area contributed by atoms with Gasteiger partial charge in [0, 0.05) is 67.0 Å². The summed E-state index contributed by atoms with van der Waals surface area (Å²) >= 11 is 0. The summed E-state index contributed by atoms with van der Waals surface area (Å²) in [5.41, 5.74) is 28.7. The molecule has 0 radical (unpaired) electrons. The van der Waals surface area contributed by atoms with Gasteiger partial charge in [-0.3, -0.25) is 0 Å². The molecule has 14 aliphatic carbocycles. The lowest BCUT2D eigenvalue weighted by Gasteiger charge is -2.57. The Balaban J connectivity index is 0.000000137. The monoisotopic (exact) mass is 2110 g/mol. The number of unbranched alkanes of at least 4 members (excludes halogenated alkanes) is 4. The fraction of sp³-hybridized carbons (Fsp3) is 0.706. The van der Waals surface area contributed by atoms with E-state index in [1.807, 2.05) is 0 Å². The highest BCUT2D eigenvalue weighted by Gasteiger charge is 2.63. The Kier molecular flexibility index (Phi) is 32.9. The maximum atomic E-state index is 6.21. The van der Waals surface area contributed by atoms with Crippen LogP contribution < -0.4 is 28.4 Å². The van der Waals surface area contributed by atoms with Crippen molar-refractivity contribution in [1.29, 1.82) is 0 Å². The number of nitrogens with zero attached hydrogens (tertiary/aromatic N) is 4. The van der Waals surface area contributed by atoms with Crippen LogP contribution in [0.15, 0.2) is 132 Å². The van der Waals surface area contributed by atoms with Crippen LogP contribution >= 0.6 is 0 Å². The third kappa shape index (κ3) is 20.9. The summed E-state index contributed by atoms with van der Waals surface area (Å²) < 4.78 is 48.0. The van der Waals surface area contributed by atoms with Gasteiger partial charge in [-0.2, -0.15) is 0 Å². The van der Waals surface area contributed by atoms with Crippen molar-refractivity contribution in [1.82, 2.24) is 18.3 Å². The van der Waals surface area contributed by atoms with Crippen molar-refractivity contribution in [2.75, 3.05) is 40.6 Å². The molecular formula is C136H212N4O6Si4. The number of fused-ring (bicyclic) bond motifs is 18. The molecule has 6 saturated carbocycles. The highest BCUT2D eigenvalue weighted by atomic mass is 28.3. The van der Waals surface area contributed by atoms with Gasteiger partial charge >= 0.3 is 0 Å². The lowest BCUT2D eigenvalue weighted by molar-refractivity contribution is 0.121. The first-order chi connectivity index (χ1) is 70.2. The van der Waals surface area contributed by atoms with Crippen molar-refractivity contribution in [2.24, 2.45) is 59.2 Å². The number of methoxy groups -OCH3 is 2. The highest BCUT2D eigenvalue weighted by Crippen LogP contribution is 2.70. The molecule has 0 N–H and O–H groups in total. The first-order valence-electron chi connectivity index (χ1n) is 61.5. The molecule has 0 saturated heterocycles. The van der Waals surface area contributed by atoms with Gasteiger partial charge in [-0.05, 0) is 421 Å². The molecule has 0 aromatic heterocycles. The summed E-state index contributed by atoms with van der Waals surface area (Å²) in [6.45, 7) is 92.6. The molecule has 0 spiro atoms. The third-order valence-electron chi connectivity index (χ3n) is 41.4. The van der Waals surface area contributed by atoms with E-state index in [4.69, 9.17) is 28.4 Å². The molecule has 4 aromatic carbocycles. The highest BCUT2D eigenvalue weighted by molar-refractivity contribution is 6.78. The van der Waals surface area contributed by atoms with Crippen LogP contribution in [0.1, 0.15) is 418 Å². The van der Waals surface area contributed by atoms with Crippen LogP contribution in [0.25, 0.3) is 22.3 Å². The molecule has 14 heteroatoms. The number of hydrogen-bond acceptors (Lipinski definition) is 10. The van der Waals surface area contributed by atoms with Gasteiger partial charge in [0.25, 0.3) is 0 Å². The van der Waals surface area contributed by atoms with Crippen molar-refractivity contribution in [3.63, 3.8) is 0 Å². The second kappa shape index (κ2) is 42.8. The number of ether oxygens (including phenoxy) is 6. The second-order valence-corrected chi connectivity index (χ2v) is 77.7. The van der Waals surface area contributed by atoms with Crippen LogP contribution in [0.3, 0.4) is 0 Å². The Bertz CT molecular complexity index is 5760. The van der Waals surface area contributed by atoms with Crippen LogP contribution in [0.2, 0.25) is 74.5 Å². The van der Waals surface area contributed by atoms with E-state index in [1.165, 1.54) is 235 Å². The van der Waals surface area contributed by atoms with E-state index < -0.39 is 32.9 Å². The second-order valence-electron chi connectivity index (χ2n) is 59.8. The van der Waals surface area contributed by atoms with Crippen molar-refractivity contribution < 1.29 is 28.4 Å². The van der Waals surface area contributed by atoms with Gasteiger partial charge in [-0.15, -0.1) is 0 Å². The summed E-state index contributed by atoms with van der Waals surface area (Å²) in [7, 11) is -3.54. The molecule has 150 heavy (non-hydrogen) atoms. The Hall–Kier alpha value is -5.69. The molecular weight excluding hydrogens is 1900 g/mol. The molecule has 10 nitrogen and oxygen atoms in total. The zero-order chi connectivity index (χ0) is 109. The lowest BCUT2D eigenvalue weighted by Crippen LogP contribution is -2.67. The molecule has 4 aromatic rings. The maximum absolute atomic E-state index is 6.21. The average Bonchev–Trinajstić information content (AvgIpc) is 1.55. The summed E-state index contributed by atoms with van der Waals surface area (Å²) in [6.07, 6.45) is 59.4. The predicted octanol–water partition coefficient (Wildman–Crippen LogP) is 37.0. The standard InChI is InChI=1S/C39H61NO2Si.C38H59NO2Si.C30H47NOSi.C29H45NOSi/c1-9-11-18-39(19-12-10-2)33-24-30-28(23-31(33)32-25-35-36(26-34(32)39)42-21-20-41-35)22-27(3)37(30)43(7,8)40(38(4,5)6)29-16-14-13-15-17-29;1-8-10-19-38(20-11-9-2)32-24-29-27(23-30(32)31-25-34-35(26-33(31)38)41-22-21-40-34)17-18-36(29)42(6,7)39(37(3,4)5)28-15-13-12-14-16-28;1-19-15-20-16-24-22-14-13-21(32-10)17-25(22)30(8,9)26(24)18-23(20)27(19)33(11,12)31(28(2,3)4)29(5,6)7;1-27(2,3)30(28(4,5)6)32(10,11)26-15-12-19-16-23-21-14-13-20(31-9)17-24(21)29(7,8)25(23)18-22(19)26/h23-30,37H,9-22H2,1-8H3;23-29,36H,8-22H2,1-7H3;13-14,16-20,23,27H,15H2,1-12H3;13-14,16-19,22,26H,12,15H2,1-11H3. The van der Waals surface area contributed by atoms with Crippen LogP contribution in [0.5, 0.6) is 34.5 Å². The third-order valence-corrected chi connectivity index (χ3v) is 61.1. The van der Waals surface area contributed by atoms with Gasteiger partial charge in [0.2, 0.25) is 0 Å². The molecule has 14 atom stereocenters. The lowest BCUT2D eigenvalue weighted by atomic mass is 9.68. The van der Waals surface area contributed by atoms with Gasteiger partial charge in [0.05, 0.1) is 14.2 Å². The number of benzene rings is 4. The SMILES string of the molecule is CCCCC1(CCCC)C2=CC3C(C=C2c2cc4c(cc21)OCCO4)CC(C)C3[Si](C)(C)N(C1CCCCC1)C(C)(C)C.CCCCC1(CCCC)C2=CC3C(C=C2c2cc4c(cc21)OCCO4)CCC3[Si](C)(C)N(C1CCCCC1)C(C)(C)C.COc1ccc2c(c1)C(C)(C)C1=CC3C(C=C12)CC(C)C3[Si](C)(C)N(C(C)(C)C)C(C)(C)C.COc1ccc2c(c1)C(C)(C)C1=CC3C(C=C12)CCC3[Si](C)(C)N(C(C)(C)C)C(C)(C)C. The predicted molar refractivity (Wildman–Crippen MR) is 651 cm³/mol. The Morgan fingerprint density at radius 3 is 0.973 bits per heavy atom. The molecule has 828 valence electrons. The smallest absolute Gasteiger partial charge is 0.161 e. The first-order valence-corrected chi connectivity index (χ1v) is 73.6. The van der Waals surface area contributed by atoms with Crippen molar-refractivity contribution in [2.45, 2.75) is 515 Å². The molecule has 6 fully saturated rings. The van der Waals surface area contributed by atoms with Crippen LogP contribution in [0.4, 0.5) is 0 Å². The molecule has 2 aliphatic heterocycles. The number of rotatable bonds is 24. The summed E-state index contributed by atoms with van der Waals surface area (Å²) in [5, 5.41) is 0. The van der Waals surface area contributed by atoms with E-state index in [-0.39, 0.29) is 54.9 Å². The van der Waals surface area contributed by atoms with E-state index in [2.05, 4.69) is 374 Å². The van der Waals surface area contributed by atoms with Crippen molar-refractivity contribution >= 4 is 55.2 Å². The van der Waals surface area contributed by atoms with E-state index in [0.717, 1.165) is 80.6 Å². The molecule has 2 heterocycles. The Morgan fingerprint density at radius 1 is 0.320 bits per heavy atom. The fourth-order valence-electron chi connectivity index (χ4n) is 38.4. The molecule has 0 amide bonds. The maximum Gasteiger partial charge on any atom is 0.161 e. The van der Waals surface area contributed by atoms with Gasteiger partial charge < -0.3 is 46.7 Å². The normalized spacial score (nSPS) is 27.7. The van der Waals surface area contributed by atoms with Crippen LogP contribution in [-0.2, 0) is 21.7 Å². The van der Waals surface area contributed by atoms with Crippen molar-refractivity contribution in [3.8, 4) is 34.5 Å². The minimum Gasteiger partial charge on any atom is -0.497 e. The zero-order valence-electron chi connectivity index (χ0n) is 102. The number of allylic oxidation sites excluding steroid dienone is 16.